The van der Waals surface area contributed by atoms with Gasteiger partial charge in [0.25, 0.3) is 5.91 Å². The summed E-state index contributed by atoms with van der Waals surface area (Å²) in [5.41, 5.74) is 0.121. The minimum atomic E-state index is -0.551. The van der Waals surface area contributed by atoms with Crippen LogP contribution < -0.4 is 15.7 Å². The molecule has 0 bridgehead atoms. The molecule has 6 nitrogen and oxygen atoms in total. The lowest BCUT2D eigenvalue weighted by Crippen LogP contribution is -2.28. The van der Waals surface area contributed by atoms with Gasteiger partial charge in [0.05, 0.1) is 12.2 Å². The number of fused-ring (bicyclic) bond motifs is 1. The average Bonchev–Trinajstić information content (AvgIpc) is 2.50. The molecule has 0 atom stereocenters. The molecule has 0 saturated heterocycles. The van der Waals surface area contributed by atoms with E-state index in [1.807, 2.05) is 25.9 Å². The van der Waals surface area contributed by atoms with Gasteiger partial charge in [0.15, 0.2) is 0 Å². The maximum Gasteiger partial charge on any atom is 0.337 e. The fourth-order valence-corrected chi connectivity index (χ4v) is 2.28. The van der Waals surface area contributed by atoms with Gasteiger partial charge in [-0.2, -0.15) is 0 Å². The minimum Gasteiger partial charge on any atom is -0.494 e. The van der Waals surface area contributed by atoms with Crippen molar-refractivity contribution in [2.45, 2.75) is 13.3 Å². The van der Waals surface area contributed by atoms with Gasteiger partial charge in [-0.1, -0.05) is 0 Å². The second-order valence-electron chi connectivity index (χ2n) is 5.48. The molecule has 2 rings (SSSR count). The number of carbonyl (C=O) groups excluding carboxylic acids is 1. The van der Waals surface area contributed by atoms with E-state index >= 15 is 0 Å². The molecule has 2 aromatic rings. The van der Waals surface area contributed by atoms with Crippen molar-refractivity contribution in [3.05, 3.63) is 40.2 Å². The van der Waals surface area contributed by atoms with Gasteiger partial charge in [-0.15, -0.1) is 0 Å². The van der Waals surface area contributed by atoms with E-state index in [4.69, 9.17) is 9.15 Å². The van der Waals surface area contributed by atoms with Crippen LogP contribution in [0.15, 0.2) is 33.5 Å². The Bertz CT molecular complexity index is 737. The predicted octanol–water partition coefficient (Wildman–Crippen LogP) is 1.87. The predicted molar refractivity (Wildman–Crippen MR) is 89.2 cm³/mol. The summed E-state index contributed by atoms with van der Waals surface area (Å²) in [6, 6.07) is 6.35. The summed E-state index contributed by atoms with van der Waals surface area (Å²) in [4.78, 5) is 26.1. The number of carbonyl (C=O) groups is 1. The van der Waals surface area contributed by atoms with E-state index in [2.05, 4.69) is 5.32 Å². The monoisotopic (exact) mass is 318 g/mol. The molecule has 1 aromatic heterocycles. The maximum absolute atomic E-state index is 12.3. The summed E-state index contributed by atoms with van der Waals surface area (Å²) in [7, 11) is 3.96. The van der Waals surface area contributed by atoms with Gasteiger partial charge in [0.1, 0.15) is 11.3 Å². The first-order chi connectivity index (χ1) is 11.0. The number of hydrogen-bond acceptors (Lipinski definition) is 5. The van der Waals surface area contributed by atoms with Gasteiger partial charge in [-0.05, 0) is 46.1 Å². The van der Waals surface area contributed by atoms with Crippen LogP contribution in [-0.4, -0.2) is 44.6 Å². The highest BCUT2D eigenvalue weighted by atomic mass is 16.5. The summed E-state index contributed by atoms with van der Waals surface area (Å²) in [6.45, 7) is 3.82. The summed E-state index contributed by atoms with van der Waals surface area (Å²) >= 11 is 0. The van der Waals surface area contributed by atoms with E-state index in [-0.39, 0.29) is 5.91 Å². The van der Waals surface area contributed by atoms with Crippen molar-refractivity contribution in [3.63, 3.8) is 0 Å². The normalized spacial score (nSPS) is 11.0. The largest absolute Gasteiger partial charge is 0.494 e. The van der Waals surface area contributed by atoms with Crippen molar-refractivity contribution in [2.24, 2.45) is 0 Å². The van der Waals surface area contributed by atoms with Crippen LogP contribution in [0.25, 0.3) is 11.0 Å². The first-order valence-electron chi connectivity index (χ1n) is 7.65. The fourth-order valence-electron chi connectivity index (χ4n) is 2.28. The van der Waals surface area contributed by atoms with Crippen LogP contribution in [0.4, 0.5) is 0 Å². The third kappa shape index (κ3) is 4.56. The molecule has 0 aliphatic rings. The van der Waals surface area contributed by atoms with E-state index in [0.29, 0.717) is 35.4 Å². The molecule has 0 unspecified atom stereocenters. The number of amides is 1. The first-order valence-corrected chi connectivity index (χ1v) is 7.65. The average molecular weight is 318 g/mol. The lowest BCUT2D eigenvalue weighted by Gasteiger charge is -2.11. The van der Waals surface area contributed by atoms with Crippen LogP contribution in [0, 0.1) is 0 Å². The molecule has 6 heteroatoms. The molecule has 1 N–H and O–H groups in total. The summed E-state index contributed by atoms with van der Waals surface area (Å²) < 4.78 is 10.6. The van der Waals surface area contributed by atoms with Crippen LogP contribution in [0.2, 0.25) is 0 Å². The summed E-state index contributed by atoms with van der Waals surface area (Å²) in [5, 5.41) is 3.43. The molecular weight excluding hydrogens is 296 g/mol. The van der Waals surface area contributed by atoms with Gasteiger partial charge >= 0.3 is 5.63 Å². The highest BCUT2D eigenvalue weighted by Crippen LogP contribution is 2.22. The van der Waals surface area contributed by atoms with Crippen molar-refractivity contribution in [1.82, 2.24) is 10.2 Å². The Labute approximate surface area is 135 Å². The van der Waals surface area contributed by atoms with E-state index in [1.54, 1.807) is 18.2 Å². The molecule has 1 aromatic carbocycles. The standard InChI is InChI=1S/C17H22N2O4/c1-4-22-12-6-7-13-14(11-16(20)23-15(13)10-12)17(21)18-8-5-9-19(2)3/h6-7,10-11H,4-5,8-9H2,1-3H3,(H,18,21). The van der Waals surface area contributed by atoms with Crippen LogP contribution in [0.1, 0.15) is 23.7 Å². The molecular formula is C17H22N2O4. The molecule has 0 aliphatic heterocycles. The Morgan fingerprint density at radius 1 is 1.30 bits per heavy atom. The Kier molecular flexibility index (Phi) is 5.76. The Morgan fingerprint density at radius 3 is 2.78 bits per heavy atom. The molecule has 0 aliphatic carbocycles. The lowest BCUT2D eigenvalue weighted by molar-refractivity contribution is 0.0953. The SMILES string of the molecule is CCOc1ccc2c(C(=O)NCCCN(C)C)cc(=O)oc2c1. The number of nitrogens with one attached hydrogen (secondary N) is 1. The van der Waals surface area contributed by atoms with Crippen molar-refractivity contribution in [3.8, 4) is 5.75 Å². The van der Waals surface area contributed by atoms with Crippen molar-refractivity contribution in [2.75, 3.05) is 33.8 Å². The van der Waals surface area contributed by atoms with Crippen LogP contribution in [0.3, 0.4) is 0 Å². The topological polar surface area (TPSA) is 71.8 Å². The maximum atomic E-state index is 12.3. The van der Waals surface area contributed by atoms with E-state index in [9.17, 15) is 9.59 Å². The number of benzene rings is 1. The quantitative estimate of drug-likeness (QED) is 0.623. The van der Waals surface area contributed by atoms with Crippen LogP contribution in [-0.2, 0) is 0 Å². The Morgan fingerprint density at radius 2 is 2.09 bits per heavy atom. The highest BCUT2D eigenvalue weighted by molar-refractivity contribution is 6.05. The van der Waals surface area contributed by atoms with Crippen molar-refractivity contribution < 1.29 is 13.9 Å². The molecule has 0 saturated carbocycles. The van der Waals surface area contributed by atoms with Gasteiger partial charge in [-0.3, -0.25) is 4.79 Å². The van der Waals surface area contributed by atoms with Gasteiger partial charge in [-0.25, -0.2) is 4.79 Å². The molecule has 124 valence electrons. The fraction of sp³-hybridized carbons (Fsp3) is 0.412. The molecule has 1 amide bonds. The van der Waals surface area contributed by atoms with Crippen molar-refractivity contribution in [1.29, 1.82) is 0 Å². The molecule has 23 heavy (non-hydrogen) atoms. The number of ether oxygens (including phenoxy) is 1. The summed E-state index contributed by atoms with van der Waals surface area (Å²) in [6.07, 6.45) is 0.840. The molecule has 1 heterocycles. The van der Waals surface area contributed by atoms with Crippen LogP contribution >= 0.6 is 0 Å². The van der Waals surface area contributed by atoms with E-state index in [1.165, 1.54) is 6.07 Å². The Hall–Kier alpha value is -2.34. The van der Waals surface area contributed by atoms with E-state index < -0.39 is 5.63 Å². The zero-order chi connectivity index (χ0) is 16.8. The second kappa shape index (κ2) is 7.78. The zero-order valence-electron chi connectivity index (χ0n) is 13.7. The number of rotatable bonds is 7. The van der Waals surface area contributed by atoms with Gasteiger partial charge in [0, 0.05) is 24.1 Å². The highest BCUT2D eigenvalue weighted by Gasteiger charge is 2.13. The minimum absolute atomic E-state index is 0.272. The zero-order valence-corrected chi connectivity index (χ0v) is 13.7. The molecule has 0 radical (unpaired) electrons. The summed E-state index contributed by atoms with van der Waals surface area (Å²) in [5.74, 6) is 0.331. The number of hydrogen-bond donors (Lipinski definition) is 1. The first kappa shape index (κ1) is 17.0. The Balaban J connectivity index is 2.22. The van der Waals surface area contributed by atoms with Crippen LogP contribution in [0.5, 0.6) is 5.75 Å². The third-order valence-corrected chi connectivity index (χ3v) is 3.34. The third-order valence-electron chi connectivity index (χ3n) is 3.34. The second-order valence-corrected chi connectivity index (χ2v) is 5.48. The molecule has 0 spiro atoms. The number of nitrogens with zero attached hydrogens (tertiary/aromatic N) is 1. The molecule has 0 fully saturated rings. The van der Waals surface area contributed by atoms with Gasteiger partial charge in [0.2, 0.25) is 0 Å². The smallest absolute Gasteiger partial charge is 0.337 e. The van der Waals surface area contributed by atoms with Gasteiger partial charge < -0.3 is 19.4 Å². The van der Waals surface area contributed by atoms with Crippen molar-refractivity contribution >= 4 is 16.9 Å². The lowest BCUT2D eigenvalue weighted by atomic mass is 10.1. The van der Waals surface area contributed by atoms with E-state index in [0.717, 1.165) is 13.0 Å².